The van der Waals surface area contributed by atoms with E-state index in [1.165, 1.54) is 0 Å². The van der Waals surface area contributed by atoms with E-state index >= 15 is 0 Å². The van der Waals surface area contributed by atoms with Crippen molar-refractivity contribution in [3.63, 3.8) is 0 Å². The lowest BCUT2D eigenvalue weighted by molar-refractivity contribution is 0.0398. The molecule has 0 unspecified atom stereocenters. The number of ether oxygens (including phenoxy) is 1. The first kappa shape index (κ1) is 18.9. The molecule has 1 aliphatic heterocycles. The number of pyridine rings is 1. The fourth-order valence-corrected chi connectivity index (χ4v) is 4.01. The van der Waals surface area contributed by atoms with Gasteiger partial charge in [-0.05, 0) is 23.6 Å². The Bertz CT molecular complexity index is 1090. The van der Waals surface area contributed by atoms with E-state index in [-0.39, 0.29) is 0 Å². The molecule has 0 bridgehead atoms. The zero-order valence-corrected chi connectivity index (χ0v) is 17.2. The number of imidazole rings is 1. The van der Waals surface area contributed by atoms with Crippen molar-refractivity contribution in [3.05, 3.63) is 47.7 Å². The third kappa shape index (κ3) is 4.11. The number of hydrogen-bond acceptors (Lipinski definition) is 9. The molecule has 0 aromatic carbocycles. The fourth-order valence-electron chi connectivity index (χ4n) is 3.39. The van der Waals surface area contributed by atoms with E-state index < -0.39 is 0 Å². The van der Waals surface area contributed by atoms with Crippen LogP contribution in [0.3, 0.4) is 0 Å². The second kappa shape index (κ2) is 8.74. The molecule has 30 heavy (non-hydrogen) atoms. The number of nitrogens with one attached hydrogen (secondary N) is 2. The summed E-state index contributed by atoms with van der Waals surface area (Å²) in [4.78, 5) is 20.6. The normalized spacial score (nSPS) is 14.8. The maximum absolute atomic E-state index is 5.42. The first-order chi connectivity index (χ1) is 14.9. The van der Waals surface area contributed by atoms with Gasteiger partial charge in [0.25, 0.3) is 0 Å². The summed E-state index contributed by atoms with van der Waals surface area (Å²) >= 11 is 1.64. The van der Waals surface area contributed by atoms with E-state index in [0.717, 1.165) is 61.9 Å². The van der Waals surface area contributed by atoms with Gasteiger partial charge >= 0.3 is 0 Å². The predicted octanol–water partition coefficient (Wildman–Crippen LogP) is 2.76. The molecule has 10 heteroatoms. The SMILES string of the molecule is c1cncc(Nc2nc(NCCN3CCOCC3)c3ncn(-c4ccsc4)c3n2)c1. The highest BCUT2D eigenvalue weighted by Gasteiger charge is 2.16. The average molecular weight is 423 g/mol. The van der Waals surface area contributed by atoms with Gasteiger partial charge < -0.3 is 15.4 Å². The highest BCUT2D eigenvalue weighted by Crippen LogP contribution is 2.25. The largest absolute Gasteiger partial charge is 0.379 e. The molecule has 0 atom stereocenters. The summed E-state index contributed by atoms with van der Waals surface area (Å²) in [6, 6.07) is 5.86. The van der Waals surface area contributed by atoms with Crippen LogP contribution in [0, 0.1) is 0 Å². The van der Waals surface area contributed by atoms with Crippen molar-refractivity contribution in [2.75, 3.05) is 50.0 Å². The Morgan fingerprint density at radius 2 is 2.10 bits per heavy atom. The van der Waals surface area contributed by atoms with Gasteiger partial charge in [-0.3, -0.25) is 14.5 Å². The molecular weight excluding hydrogens is 400 g/mol. The van der Waals surface area contributed by atoms with E-state index in [2.05, 4.69) is 30.9 Å². The number of aromatic nitrogens is 5. The number of hydrogen-bond donors (Lipinski definition) is 2. The highest BCUT2D eigenvalue weighted by atomic mass is 32.1. The molecule has 1 aliphatic rings. The lowest BCUT2D eigenvalue weighted by Crippen LogP contribution is -2.39. The molecule has 2 N–H and O–H groups in total. The summed E-state index contributed by atoms with van der Waals surface area (Å²) in [5, 5.41) is 10.8. The lowest BCUT2D eigenvalue weighted by atomic mass is 10.4. The minimum atomic E-state index is 0.501. The summed E-state index contributed by atoms with van der Waals surface area (Å²) < 4.78 is 7.41. The van der Waals surface area contributed by atoms with Gasteiger partial charge in [0, 0.05) is 37.8 Å². The van der Waals surface area contributed by atoms with Crippen molar-refractivity contribution in [2.24, 2.45) is 0 Å². The minimum Gasteiger partial charge on any atom is -0.379 e. The van der Waals surface area contributed by atoms with Crippen molar-refractivity contribution in [3.8, 4) is 5.69 Å². The Morgan fingerprint density at radius 3 is 2.90 bits per heavy atom. The van der Waals surface area contributed by atoms with Crippen LogP contribution in [0.4, 0.5) is 17.5 Å². The molecule has 0 amide bonds. The van der Waals surface area contributed by atoms with Crippen LogP contribution < -0.4 is 10.6 Å². The van der Waals surface area contributed by atoms with Crippen molar-refractivity contribution in [1.29, 1.82) is 0 Å². The van der Waals surface area contributed by atoms with Crippen LogP contribution in [0.15, 0.2) is 47.7 Å². The Morgan fingerprint density at radius 1 is 1.17 bits per heavy atom. The zero-order valence-electron chi connectivity index (χ0n) is 16.4. The smallest absolute Gasteiger partial charge is 0.231 e. The molecule has 0 saturated carbocycles. The third-order valence-corrected chi connectivity index (χ3v) is 5.59. The van der Waals surface area contributed by atoms with Gasteiger partial charge in [0.05, 0.1) is 30.8 Å². The van der Waals surface area contributed by atoms with Crippen LogP contribution in [0.25, 0.3) is 16.9 Å². The molecule has 5 heterocycles. The van der Waals surface area contributed by atoms with E-state index in [9.17, 15) is 0 Å². The number of anilines is 3. The number of nitrogens with zero attached hydrogens (tertiary/aromatic N) is 6. The van der Waals surface area contributed by atoms with Crippen molar-refractivity contribution in [2.45, 2.75) is 0 Å². The van der Waals surface area contributed by atoms with Crippen molar-refractivity contribution >= 4 is 40.0 Å². The van der Waals surface area contributed by atoms with E-state index in [1.54, 1.807) is 30.1 Å². The van der Waals surface area contributed by atoms with Crippen LogP contribution >= 0.6 is 11.3 Å². The van der Waals surface area contributed by atoms with E-state index in [4.69, 9.17) is 14.7 Å². The van der Waals surface area contributed by atoms with Crippen LogP contribution in [-0.2, 0) is 4.74 Å². The van der Waals surface area contributed by atoms with Crippen LogP contribution in [-0.4, -0.2) is 68.8 Å². The maximum Gasteiger partial charge on any atom is 0.231 e. The highest BCUT2D eigenvalue weighted by molar-refractivity contribution is 7.08. The zero-order chi connectivity index (χ0) is 20.2. The molecule has 0 radical (unpaired) electrons. The molecule has 1 fully saturated rings. The minimum absolute atomic E-state index is 0.501. The molecule has 4 aromatic heterocycles. The third-order valence-electron chi connectivity index (χ3n) is 4.92. The van der Waals surface area contributed by atoms with Crippen LogP contribution in [0.5, 0.6) is 0 Å². The first-order valence-electron chi connectivity index (χ1n) is 9.85. The summed E-state index contributed by atoms with van der Waals surface area (Å²) in [6.07, 6.45) is 5.27. The molecule has 9 nitrogen and oxygen atoms in total. The molecular formula is C20H22N8OS. The number of thiophene rings is 1. The Balaban J connectivity index is 1.44. The molecule has 4 aromatic rings. The van der Waals surface area contributed by atoms with Crippen LogP contribution in [0.1, 0.15) is 0 Å². The van der Waals surface area contributed by atoms with E-state index in [1.807, 2.05) is 28.1 Å². The lowest BCUT2D eigenvalue weighted by Gasteiger charge is -2.26. The van der Waals surface area contributed by atoms with Crippen molar-refractivity contribution < 1.29 is 4.74 Å². The topological polar surface area (TPSA) is 93.0 Å². The van der Waals surface area contributed by atoms with Crippen LogP contribution in [0.2, 0.25) is 0 Å². The summed E-state index contributed by atoms with van der Waals surface area (Å²) in [7, 11) is 0. The monoisotopic (exact) mass is 422 g/mol. The van der Waals surface area contributed by atoms with Gasteiger partial charge in [-0.25, -0.2) is 4.98 Å². The van der Waals surface area contributed by atoms with Gasteiger partial charge in [0.15, 0.2) is 17.0 Å². The summed E-state index contributed by atoms with van der Waals surface area (Å²) in [6.45, 7) is 5.20. The van der Waals surface area contributed by atoms with E-state index in [0.29, 0.717) is 11.8 Å². The standard InChI is InChI=1S/C20H22N8OS/c1-2-15(12-21-4-1)24-20-25-18(22-5-6-27-7-9-29-10-8-27)17-19(26-20)28(14-23-17)16-3-11-30-13-16/h1-4,11-14H,5-10H2,(H2,22,24,25,26). The maximum atomic E-state index is 5.42. The summed E-state index contributed by atoms with van der Waals surface area (Å²) in [5.41, 5.74) is 3.37. The van der Waals surface area contributed by atoms with Gasteiger partial charge in [0.1, 0.15) is 6.33 Å². The second-order valence-electron chi connectivity index (χ2n) is 6.91. The molecule has 5 rings (SSSR count). The first-order valence-corrected chi connectivity index (χ1v) is 10.8. The van der Waals surface area contributed by atoms with Gasteiger partial charge in [0.2, 0.25) is 5.95 Å². The Labute approximate surface area is 177 Å². The Kier molecular flexibility index (Phi) is 5.51. The van der Waals surface area contributed by atoms with Gasteiger partial charge in [-0.2, -0.15) is 21.3 Å². The number of fused-ring (bicyclic) bond motifs is 1. The molecule has 1 saturated heterocycles. The average Bonchev–Trinajstić information content (AvgIpc) is 3.45. The Hall–Kier alpha value is -3.08. The second-order valence-corrected chi connectivity index (χ2v) is 7.69. The number of rotatable bonds is 7. The van der Waals surface area contributed by atoms with Gasteiger partial charge in [-0.15, -0.1) is 0 Å². The van der Waals surface area contributed by atoms with Gasteiger partial charge in [-0.1, -0.05) is 0 Å². The molecule has 0 spiro atoms. The quantitative estimate of drug-likeness (QED) is 0.470. The molecule has 154 valence electrons. The molecule has 0 aliphatic carbocycles. The summed E-state index contributed by atoms with van der Waals surface area (Å²) in [5.74, 6) is 1.22. The number of morpholine rings is 1. The fraction of sp³-hybridized carbons (Fsp3) is 0.300. The van der Waals surface area contributed by atoms with Crippen molar-refractivity contribution in [1.82, 2.24) is 29.4 Å². The predicted molar refractivity (Wildman–Crippen MR) is 118 cm³/mol.